The third-order valence-corrected chi connectivity index (χ3v) is 3.07. The van der Waals surface area contributed by atoms with E-state index in [0.29, 0.717) is 6.42 Å². The second-order valence-electron chi connectivity index (χ2n) is 3.83. The Hall–Kier alpha value is -0.940. The first-order chi connectivity index (χ1) is 8.25. The molecule has 0 saturated heterocycles. The zero-order chi connectivity index (χ0) is 12.1. The van der Waals surface area contributed by atoms with Gasteiger partial charge in [-0.15, -0.1) is 17.0 Å². The number of aromatic nitrogens is 2. The number of aryl methyl sites for hydroxylation is 1. The van der Waals surface area contributed by atoms with Crippen molar-refractivity contribution in [1.82, 2.24) is 9.55 Å². The quantitative estimate of drug-likeness (QED) is 0.745. The number of Topliss-reactive ketones (excluding diaryl/α,β-unsaturated/α-hetero) is 1. The van der Waals surface area contributed by atoms with Crippen molar-refractivity contribution in [2.24, 2.45) is 0 Å². The molecule has 3 nitrogen and oxygen atoms in total. The Balaban J connectivity index is 0.00000162. The van der Waals surface area contributed by atoms with E-state index in [1.54, 1.807) is 12.5 Å². The molecule has 0 N–H and O–H groups in total. The Labute approximate surface area is 125 Å². The molecule has 0 aliphatic rings. The van der Waals surface area contributed by atoms with Gasteiger partial charge in [-0.1, -0.05) is 28.1 Å². The van der Waals surface area contributed by atoms with Gasteiger partial charge < -0.3 is 4.57 Å². The molecule has 0 unspecified atom stereocenters. The highest BCUT2D eigenvalue weighted by Crippen LogP contribution is 2.12. The molecule has 0 spiro atoms. The smallest absolute Gasteiger partial charge is 0.162 e. The molecule has 1 heterocycles. The Morgan fingerprint density at radius 2 is 2.00 bits per heavy atom. The molecule has 5 heteroatoms. The van der Waals surface area contributed by atoms with Crippen LogP contribution < -0.4 is 0 Å². The molecule has 2 rings (SSSR count). The second-order valence-corrected chi connectivity index (χ2v) is 4.75. The normalized spacial score (nSPS) is 9.83. The van der Waals surface area contributed by atoms with Crippen LogP contribution in [0.25, 0.3) is 0 Å². The zero-order valence-corrected chi connectivity index (χ0v) is 13.1. The van der Waals surface area contributed by atoms with Crippen molar-refractivity contribution >= 4 is 38.7 Å². The summed E-state index contributed by atoms with van der Waals surface area (Å²) in [5.74, 6) is 0.192. The molecule has 1 aromatic carbocycles. The van der Waals surface area contributed by atoms with Gasteiger partial charge in [-0.3, -0.25) is 4.79 Å². The molecule has 1 aromatic heterocycles. The maximum atomic E-state index is 11.8. The van der Waals surface area contributed by atoms with Crippen LogP contribution in [0.4, 0.5) is 0 Å². The standard InChI is InChI=1S/C13H13BrN2O.BrH/c14-12-5-3-11(4-6-12)13(17)2-1-8-16-9-7-15-10-16;/h3-7,9-10H,1-2,8H2;1H. The van der Waals surface area contributed by atoms with Gasteiger partial charge in [-0.05, 0) is 18.6 Å². The van der Waals surface area contributed by atoms with Crippen LogP contribution in [-0.2, 0) is 6.54 Å². The van der Waals surface area contributed by atoms with E-state index in [2.05, 4.69) is 20.9 Å². The van der Waals surface area contributed by atoms with E-state index >= 15 is 0 Å². The SMILES string of the molecule is Br.O=C(CCCn1ccnc1)c1ccc(Br)cc1. The average Bonchev–Trinajstić information content (AvgIpc) is 2.83. The van der Waals surface area contributed by atoms with E-state index in [1.165, 1.54) is 0 Å². The van der Waals surface area contributed by atoms with E-state index in [1.807, 2.05) is 35.0 Å². The van der Waals surface area contributed by atoms with E-state index in [0.717, 1.165) is 23.0 Å². The maximum absolute atomic E-state index is 11.8. The minimum atomic E-state index is 0. The Bertz CT molecular complexity index is 480. The van der Waals surface area contributed by atoms with Crippen molar-refractivity contribution in [3.8, 4) is 0 Å². The van der Waals surface area contributed by atoms with Crippen molar-refractivity contribution in [2.75, 3.05) is 0 Å². The van der Waals surface area contributed by atoms with Crippen LogP contribution in [0.15, 0.2) is 47.5 Å². The van der Waals surface area contributed by atoms with Crippen LogP contribution in [0.3, 0.4) is 0 Å². The van der Waals surface area contributed by atoms with Crippen molar-refractivity contribution in [2.45, 2.75) is 19.4 Å². The molecule has 0 atom stereocenters. The van der Waals surface area contributed by atoms with Crippen LogP contribution in [0.2, 0.25) is 0 Å². The summed E-state index contributed by atoms with van der Waals surface area (Å²) in [5, 5.41) is 0. The van der Waals surface area contributed by atoms with Crippen LogP contribution >= 0.6 is 32.9 Å². The summed E-state index contributed by atoms with van der Waals surface area (Å²) in [5.41, 5.74) is 0.777. The van der Waals surface area contributed by atoms with Gasteiger partial charge in [0.05, 0.1) is 6.33 Å². The summed E-state index contributed by atoms with van der Waals surface area (Å²) >= 11 is 3.35. The number of imidazole rings is 1. The molecule has 0 aliphatic heterocycles. The molecule has 2 aromatic rings. The van der Waals surface area contributed by atoms with Gasteiger partial charge in [0.1, 0.15) is 0 Å². The summed E-state index contributed by atoms with van der Waals surface area (Å²) in [6.07, 6.45) is 6.83. The van der Waals surface area contributed by atoms with Crippen molar-refractivity contribution in [1.29, 1.82) is 0 Å². The minimum Gasteiger partial charge on any atom is -0.337 e. The predicted molar refractivity (Wildman–Crippen MR) is 80.3 cm³/mol. The lowest BCUT2D eigenvalue weighted by Crippen LogP contribution is -2.02. The summed E-state index contributed by atoms with van der Waals surface area (Å²) in [6, 6.07) is 7.49. The number of carbonyl (C=O) groups excluding carboxylic acids is 1. The second kappa shape index (κ2) is 7.48. The van der Waals surface area contributed by atoms with Gasteiger partial charge in [-0.2, -0.15) is 0 Å². The van der Waals surface area contributed by atoms with Gasteiger partial charge in [0, 0.05) is 35.4 Å². The summed E-state index contributed by atoms with van der Waals surface area (Å²) in [4.78, 5) is 15.8. The molecule has 0 amide bonds. The highest BCUT2D eigenvalue weighted by molar-refractivity contribution is 9.10. The van der Waals surface area contributed by atoms with E-state index < -0.39 is 0 Å². The van der Waals surface area contributed by atoms with Crippen LogP contribution in [-0.4, -0.2) is 15.3 Å². The molecule has 18 heavy (non-hydrogen) atoms. The van der Waals surface area contributed by atoms with Crippen LogP contribution in [0, 0.1) is 0 Å². The number of carbonyl (C=O) groups is 1. The highest BCUT2D eigenvalue weighted by Gasteiger charge is 2.05. The zero-order valence-electron chi connectivity index (χ0n) is 9.75. The fourth-order valence-corrected chi connectivity index (χ4v) is 1.89. The minimum absolute atomic E-state index is 0. The van der Waals surface area contributed by atoms with Crippen molar-refractivity contribution in [3.05, 3.63) is 53.0 Å². The first-order valence-corrected chi connectivity index (χ1v) is 6.29. The highest BCUT2D eigenvalue weighted by atomic mass is 79.9. The van der Waals surface area contributed by atoms with E-state index in [9.17, 15) is 4.79 Å². The van der Waals surface area contributed by atoms with Gasteiger partial charge in [0.15, 0.2) is 5.78 Å². The summed E-state index contributed by atoms with van der Waals surface area (Å²) < 4.78 is 2.97. The van der Waals surface area contributed by atoms with Crippen LogP contribution in [0.5, 0.6) is 0 Å². The molecular weight excluding hydrogens is 360 g/mol. The predicted octanol–water partition coefficient (Wildman–Crippen LogP) is 3.89. The number of hydrogen-bond donors (Lipinski definition) is 0. The van der Waals surface area contributed by atoms with Crippen LogP contribution in [0.1, 0.15) is 23.2 Å². The van der Waals surface area contributed by atoms with Crippen molar-refractivity contribution in [3.63, 3.8) is 0 Å². The van der Waals surface area contributed by atoms with Gasteiger partial charge in [0.25, 0.3) is 0 Å². The number of hydrogen-bond acceptors (Lipinski definition) is 2. The first kappa shape index (κ1) is 15.1. The number of rotatable bonds is 5. The molecule has 0 fully saturated rings. The maximum Gasteiger partial charge on any atom is 0.162 e. The first-order valence-electron chi connectivity index (χ1n) is 5.50. The fourth-order valence-electron chi connectivity index (χ4n) is 1.62. The van der Waals surface area contributed by atoms with Gasteiger partial charge in [-0.25, -0.2) is 4.98 Å². The van der Waals surface area contributed by atoms with Gasteiger partial charge in [0.2, 0.25) is 0 Å². The van der Waals surface area contributed by atoms with Crippen molar-refractivity contribution < 1.29 is 4.79 Å². The number of nitrogens with zero attached hydrogens (tertiary/aromatic N) is 2. The average molecular weight is 374 g/mol. The largest absolute Gasteiger partial charge is 0.337 e. The monoisotopic (exact) mass is 372 g/mol. The fraction of sp³-hybridized carbons (Fsp3) is 0.231. The Morgan fingerprint density at radius 3 is 2.61 bits per heavy atom. The summed E-state index contributed by atoms with van der Waals surface area (Å²) in [6.45, 7) is 0.836. The van der Waals surface area contributed by atoms with Gasteiger partial charge >= 0.3 is 0 Å². The molecule has 0 saturated carbocycles. The number of halogens is 2. The lowest BCUT2D eigenvalue weighted by molar-refractivity contribution is 0.0978. The van der Waals surface area contributed by atoms with E-state index in [4.69, 9.17) is 0 Å². The molecule has 96 valence electrons. The third kappa shape index (κ3) is 4.38. The molecule has 0 radical (unpaired) electrons. The molecule has 0 bridgehead atoms. The number of benzene rings is 1. The lowest BCUT2D eigenvalue weighted by atomic mass is 10.1. The van der Waals surface area contributed by atoms with E-state index in [-0.39, 0.29) is 22.8 Å². The third-order valence-electron chi connectivity index (χ3n) is 2.55. The lowest BCUT2D eigenvalue weighted by Gasteiger charge is -2.02. The molecule has 0 aliphatic carbocycles. The Kier molecular flexibility index (Phi) is 6.29. The molecular formula is C13H14Br2N2O. The summed E-state index contributed by atoms with van der Waals surface area (Å²) in [7, 11) is 0. The Morgan fingerprint density at radius 1 is 1.28 bits per heavy atom. The number of ketones is 1. The topological polar surface area (TPSA) is 34.9 Å².